The molecule has 0 unspecified atom stereocenters. The van der Waals surface area contributed by atoms with E-state index < -0.39 is 18.0 Å². The lowest BCUT2D eigenvalue weighted by molar-refractivity contribution is -0.138. The highest BCUT2D eigenvalue weighted by atomic mass is 16.5. The number of carbonyl (C=O) groups is 1. The number of benzene rings is 3. The van der Waals surface area contributed by atoms with Crippen molar-refractivity contribution in [3.05, 3.63) is 84.1 Å². The van der Waals surface area contributed by atoms with Gasteiger partial charge in [0, 0.05) is 12.0 Å². The number of rotatable bonds is 6. The molecule has 0 fully saturated rings. The van der Waals surface area contributed by atoms with Crippen LogP contribution in [0.15, 0.2) is 82.2 Å². The van der Waals surface area contributed by atoms with Gasteiger partial charge in [-0.25, -0.2) is 9.78 Å². The van der Waals surface area contributed by atoms with E-state index in [0.29, 0.717) is 5.56 Å². The molecule has 1 atom stereocenters. The predicted molar refractivity (Wildman–Crippen MR) is 110 cm³/mol. The highest BCUT2D eigenvalue weighted by Crippen LogP contribution is 2.28. The van der Waals surface area contributed by atoms with Gasteiger partial charge in [0.15, 0.2) is 11.7 Å². The highest BCUT2D eigenvalue weighted by molar-refractivity contribution is 5.87. The van der Waals surface area contributed by atoms with Crippen molar-refractivity contribution in [2.24, 2.45) is 4.99 Å². The number of nitrogens with zero attached hydrogens (tertiary/aromatic N) is 2. The van der Waals surface area contributed by atoms with E-state index in [0.717, 1.165) is 16.3 Å². The Hall–Kier alpha value is -3.93. The number of oxazole rings is 1. The number of aromatic hydroxyl groups is 1. The van der Waals surface area contributed by atoms with Gasteiger partial charge in [0.25, 0.3) is 0 Å². The third-order valence-corrected chi connectivity index (χ3v) is 4.56. The Morgan fingerprint density at radius 1 is 1.03 bits per heavy atom. The van der Waals surface area contributed by atoms with Gasteiger partial charge in [-0.3, -0.25) is 4.99 Å². The van der Waals surface area contributed by atoms with Crippen molar-refractivity contribution >= 4 is 23.0 Å². The summed E-state index contributed by atoms with van der Waals surface area (Å²) in [6.45, 7) is 0. The van der Waals surface area contributed by atoms with Crippen LogP contribution < -0.4 is 0 Å². The molecule has 29 heavy (non-hydrogen) atoms. The Morgan fingerprint density at radius 2 is 1.76 bits per heavy atom. The van der Waals surface area contributed by atoms with E-state index >= 15 is 0 Å². The topological polar surface area (TPSA) is 95.9 Å². The van der Waals surface area contributed by atoms with Crippen LogP contribution in [-0.2, 0) is 11.2 Å². The van der Waals surface area contributed by atoms with Gasteiger partial charge in [-0.05, 0) is 28.5 Å². The number of hydrogen-bond donors (Lipinski definition) is 2. The number of aliphatic imine (C=N–C) groups is 1. The van der Waals surface area contributed by atoms with Crippen molar-refractivity contribution in [3.63, 3.8) is 0 Å². The smallest absolute Gasteiger partial charge is 0.328 e. The Labute approximate surface area is 166 Å². The maximum absolute atomic E-state index is 11.5. The Bertz CT molecular complexity index is 1180. The normalized spacial score (nSPS) is 12.4. The molecule has 1 aromatic heterocycles. The van der Waals surface area contributed by atoms with Crippen LogP contribution in [0.5, 0.6) is 5.95 Å². The molecule has 0 radical (unpaired) electrons. The molecule has 3 aromatic carbocycles. The molecule has 0 aliphatic heterocycles. The fraction of sp³-hybridized carbons (Fsp3) is 0.0870. The number of carboxylic acid groups (broad SMARTS) is 1. The van der Waals surface area contributed by atoms with Crippen LogP contribution in [0.1, 0.15) is 11.3 Å². The Morgan fingerprint density at radius 3 is 2.52 bits per heavy atom. The number of hydrogen-bond acceptors (Lipinski definition) is 5. The lowest BCUT2D eigenvalue weighted by Gasteiger charge is -2.06. The standard InChI is InChI=1S/C23H18N2O4/c26-22(27)19(12-15-6-2-1-3-7-15)24-14-20-23(28)29-21(25-20)18-11-10-16-8-4-5-9-17(16)13-18/h1-11,13-14,19,28H,12H2,(H,26,27)/t19-/m1/s1. The van der Waals surface area contributed by atoms with Crippen molar-refractivity contribution in [1.29, 1.82) is 0 Å². The molecule has 0 aliphatic rings. The molecule has 6 heteroatoms. The monoisotopic (exact) mass is 386 g/mol. The zero-order valence-electron chi connectivity index (χ0n) is 15.4. The number of carboxylic acids is 1. The fourth-order valence-electron chi connectivity index (χ4n) is 3.06. The van der Waals surface area contributed by atoms with Gasteiger partial charge in [-0.2, -0.15) is 0 Å². The molecule has 2 N–H and O–H groups in total. The summed E-state index contributed by atoms with van der Waals surface area (Å²) in [4.78, 5) is 19.9. The molecular weight excluding hydrogens is 368 g/mol. The van der Waals surface area contributed by atoms with Crippen molar-refractivity contribution in [1.82, 2.24) is 4.98 Å². The second-order valence-corrected chi connectivity index (χ2v) is 6.59. The van der Waals surface area contributed by atoms with Crippen molar-refractivity contribution in [3.8, 4) is 17.4 Å². The summed E-state index contributed by atoms with van der Waals surface area (Å²) in [6, 6.07) is 21.8. The summed E-state index contributed by atoms with van der Waals surface area (Å²) >= 11 is 0. The van der Waals surface area contributed by atoms with Crippen molar-refractivity contribution in [2.45, 2.75) is 12.5 Å². The number of fused-ring (bicyclic) bond motifs is 1. The van der Waals surface area contributed by atoms with Gasteiger partial charge < -0.3 is 14.6 Å². The van der Waals surface area contributed by atoms with Crippen molar-refractivity contribution in [2.75, 3.05) is 0 Å². The summed E-state index contributed by atoms with van der Waals surface area (Å²) in [5.41, 5.74) is 1.66. The van der Waals surface area contributed by atoms with E-state index in [1.54, 1.807) is 0 Å². The fourth-order valence-corrected chi connectivity index (χ4v) is 3.06. The molecule has 144 valence electrons. The maximum Gasteiger partial charge on any atom is 0.328 e. The predicted octanol–water partition coefficient (Wildman–Crippen LogP) is 4.32. The first kappa shape index (κ1) is 18.4. The van der Waals surface area contributed by atoms with Gasteiger partial charge in [0.2, 0.25) is 5.89 Å². The minimum absolute atomic E-state index is 0.0903. The number of aliphatic carboxylic acids is 1. The Balaban J connectivity index is 1.58. The zero-order valence-corrected chi connectivity index (χ0v) is 15.4. The molecule has 0 aliphatic carbocycles. The van der Waals surface area contributed by atoms with Crippen LogP contribution in [0, 0.1) is 0 Å². The lowest BCUT2D eigenvalue weighted by Crippen LogP contribution is -2.20. The van der Waals surface area contributed by atoms with Crippen LogP contribution in [-0.4, -0.2) is 33.4 Å². The van der Waals surface area contributed by atoms with Crippen LogP contribution in [0.25, 0.3) is 22.2 Å². The third kappa shape index (κ3) is 4.16. The molecule has 6 nitrogen and oxygen atoms in total. The highest BCUT2D eigenvalue weighted by Gasteiger charge is 2.18. The van der Waals surface area contributed by atoms with Crippen LogP contribution >= 0.6 is 0 Å². The third-order valence-electron chi connectivity index (χ3n) is 4.56. The zero-order chi connectivity index (χ0) is 20.2. The second kappa shape index (κ2) is 7.98. The molecule has 1 heterocycles. The molecule has 4 aromatic rings. The summed E-state index contributed by atoms with van der Waals surface area (Å²) in [5, 5.41) is 21.6. The quantitative estimate of drug-likeness (QED) is 0.481. The second-order valence-electron chi connectivity index (χ2n) is 6.59. The molecule has 4 rings (SSSR count). The van der Waals surface area contributed by atoms with E-state index in [1.807, 2.05) is 72.8 Å². The van der Waals surface area contributed by atoms with Gasteiger partial charge >= 0.3 is 11.9 Å². The summed E-state index contributed by atoms with van der Waals surface area (Å²) in [6.07, 6.45) is 1.48. The molecule has 0 amide bonds. The van der Waals surface area contributed by atoms with Crippen LogP contribution in [0.4, 0.5) is 0 Å². The summed E-state index contributed by atoms with van der Waals surface area (Å²) in [5.74, 6) is -1.21. The summed E-state index contributed by atoms with van der Waals surface area (Å²) < 4.78 is 5.37. The minimum atomic E-state index is -1.05. The average Bonchev–Trinajstić information content (AvgIpc) is 3.12. The van der Waals surface area contributed by atoms with Gasteiger partial charge in [0.1, 0.15) is 0 Å². The first-order chi connectivity index (χ1) is 14.1. The lowest BCUT2D eigenvalue weighted by atomic mass is 10.1. The maximum atomic E-state index is 11.5. The van der Waals surface area contributed by atoms with E-state index in [9.17, 15) is 15.0 Å². The van der Waals surface area contributed by atoms with Gasteiger partial charge in [0.05, 0.1) is 6.21 Å². The van der Waals surface area contributed by atoms with Crippen molar-refractivity contribution < 1.29 is 19.4 Å². The molecular formula is C23H18N2O4. The first-order valence-corrected chi connectivity index (χ1v) is 9.09. The van der Waals surface area contributed by atoms with Gasteiger partial charge in [-0.1, -0.05) is 60.7 Å². The van der Waals surface area contributed by atoms with Crippen LogP contribution in [0.3, 0.4) is 0 Å². The minimum Gasteiger partial charge on any atom is -0.480 e. The first-order valence-electron chi connectivity index (χ1n) is 9.09. The number of aromatic nitrogens is 1. The molecule has 0 saturated heterocycles. The van der Waals surface area contributed by atoms with E-state index in [4.69, 9.17) is 4.42 Å². The average molecular weight is 386 g/mol. The van der Waals surface area contributed by atoms with Gasteiger partial charge in [-0.15, -0.1) is 0 Å². The largest absolute Gasteiger partial charge is 0.480 e. The van der Waals surface area contributed by atoms with E-state index in [-0.39, 0.29) is 18.0 Å². The van der Waals surface area contributed by atoms with E-state index in [2.05, 4.69) is 9.98 Å². The molecule has 0 spiro atoms. The SMILES string of the molecule is O=C(O)[C@@H](Cc1ccccc1)N=Cc1nc(-c2ccc3ccccc3c2)oc1O. The molecule has 0 bridgehead atoms. The summed E-state index contributed by atoms with van der Waals surface area (Å²) in [7, 11) is 0. The molecule has 0 saturated carbocycles. The van der Waals surface area contributed by atoms with E-state index in [1.165, 1.54) is 6.21 Å². The van der Waals surface area contributed by atoms with Crippen LogP contribution in [0.2, 0.25) is 0 Å². The Kier molecular flexibility index (Phi) is 5.07.